The molecule has 1 atom stereocenters. The van der Waals surface area contributed by atoms with Gasteiger partial charge >= 0.3 is 0 Å². The van der Waals surface area contributed by atoms with Gasteiger partial charge in [0, 0.05) is 19.2 Å². The summed E-state index contributed by atoms with van der Waals surface area (Å²) in [4.78, 5) is 0. The van der Waals surface area contributed by atoms with E-state index < -0.39 is 6.10 Å². The van der Waals surface area contributed by atoms with Crippen molar-refractivity contribution in [3.05, 3.63) is 52.8 Å². The van der Waals surface area contributed by atoms with Crippen LogP contribution in [0, 0.1) is 6.92 Å². The van der Waals surface area contributed by atoms with Gasteiger partial charge in [0.2, 0.25) is 0 Å². The van der Waals surface area contributed by atoms with Crippen LogP contribution >= 0.6 is 0 Å². The molecule has 3 rings (SSSR count). The summed E-state index contributed by atoms with van der Waals surface area (Å²) in [6, 6.07) is 10.5. The van der Waals surface area contributed by atoms with Crippen LogP contribution in [0.2, 0.25) is 0 Å². The summed E-state index contributed by atoms with van der Waals surface area (Å²) in [5.74, 6) is 0.769. The average Bonchev–Trinajstić information content (AvgIpc) is 3.17. The number of nitrogens with zero attached hydrogens (tertiary/aromatic N) is 2. The predicted molar refractivity (Wildman–Crippen MR) is 75.0 cm³/mol. The highest BCUT2D eigenvalue weighted by Crippen LogP contribution is 2.40. The number of aliphatic hydroxyl groups is 1. The maximum atomic E-state index is 10.3. The molecule has 19 heavy (non-hydrogen) atoms. The quantitative estimate of drug-likeness (QED) is 0.913. The standard InChI is InChI=1S/C16H20N2O/c1-11-9-15(18(2)17-11)10-16(19)14-7-5-13(6-8-14)12-3-4-12/h5-9,12,16,19H,3-4,10H2,1-2H3. The Hall–Kier alpha value is -1.61. The topological polar surface area (TPSA) is 38.0 Å². The van der Waals surface area contributed by atoms with Gasteiger partial charge in [0.15, 0.2) is 0 Å². The second kappa shape index (κ2) is 4.82. The molecule has 1 fully saturated rings. The molecule has 0 spiro atoms. The summed E-state index contributed by atoms with van der Waals surface area (Å²) in [6.07, 6.45) is 2.79. The van der Waals surface area contributed by atoms with Gasteiger partial charge in [-0.15, -0.1) is 0 Å². The minimum Gasteiger partial charge on any atom is -0.388 e. The van der Waals surface area contributed by atoms with Crippen molar-refractivity contribution in [2.24, 2.45) is 7.05 Å². The zero-order valence-corrected chi connectivity index (χ0v) is 11.5. The summed E-state index contributed by atoms with van der Waals surface area (Å²) in [5.41, 5.74) is 4.46. The third-order valence-electron chi connectivity index (χ3n) is 3.87. The van der Waals surface area contributed by atoms with Crippen molar-refractivity contribution in [2.75, 3.05) is 0 Å². The van der Waals surface area contributed by atoms with Crippen molar-refractivity contribution in [2.45, 2.75) is 38.2 Å². The molecule has 1 unspecified atom stereocenters. The minimum atomic E-state index is -0.456. The first-order chi connectivity index (χ1) is 9.13. The molecule has 0 aliphatic heterocycles. The van der Waals surface area contributed by atoms with Gasteiger partial charge < -0.3 is 5.11 Å². The Morgan fingerprint density at radius 3 is 2.53 bits per heavy atom. The molecule has 1 aliphatic rings. The van der Waals surface area contributed by atoms with Gasteiger partial charge in [0.25, 0.3) is 0 Å². The maximum Gasteiger partial charge on any atom is 0.0845 e. The lowest BCUT2D eigenvalue weighted by atomic mass is 10.0. The fourth-order valence-electron chi connectivity index (χ4n) is 2.58. The van der Waals surface area contributed by atoms with Crippen LogP contribution in [0.25, 0.3) is 0 Å². The van der Waals surface area contributed by atoms with E-state index in [-0.39, 0.29) is 0 Å². The number of benzene rings is 1. The second-order valence-corrected chi connectivity index (χ2v) is 5.56. The number of hydrogen-bond acceptors (Lipinski definition) is 2. The van der Waals surface area contributed by atoms with Gasteiger partial charge in [-0.1, -0.05) is 24.3 Å². The predicted octanol–water partition coefficient (Wildman–Crippen LogP) is 2.88. The van der Waals surface area contributed by atoms with E-state index in [2.05, 4.69) is 29.4 Å². The van der Waals surface area contributed by atoms with Crippen LogP contribution in [0.3, 0.4) is 0 Å². The Balaban J connectivity index is 1.72. The Morgan fingerprint density at radius 1 is 1.32 bits per heavy atom. The number of aliphatic hydroxyl groups excluding tert-OH is 1. The first-order valence-electron chi connectivity index (χ1n) is 6.91. The lowest BCUT2D eigenvalue weighted by Gasteiger charge is -2.11. The highest BCUT2D eigenvalue weighted by Gasteiger charge is 2.23. The first kappa shape index (κ1) is 12.4. The molecular weight excluding hydrogens is 236 g/mol. The first-order valence-corrected chi connectivity index (χ1v) is 6.91. The van der Waals surface area contributed by atoms with Gasteiger partial charge in [-0.2, -0.15) is 5.10 Å². The number of rotatable bonds is 4. The van der Waals surface area contributed by atoms with E-state index in [1.807, 2.05) is 24.7 Å². The molecule has 1 aromatic carbocycles. The summed E-state index contributed by atoms with van der Waals surface area (Å²) in [5, 5.41) is 14.6. The zero-order valence-electron chi connectivity index (χ0n) is 11.5. The molecule has 3 nitrogen and oxygen atoms in total. The van der Waals surface area contributed by atoms with Crippen molar-refractivity contribution < 1.29 is 5.11 Å². The van der Waals surface area contributed by atoms with Gasteiger partial charge in [0.05, 0.1) is 11.8 Å². The van der Waals surface area contributed by atoms with Gasteiger partial charge in [-0.05, 0) is 42.9 Å². The fourth-order valence-corrected chi connectivity index (χ4v) is 2.58. The van der Waals surface area contributed by atoms with E-state index in [0.29, 0.717) is 6.42 Å². The molecule has 1 heterocycles. The fraction of sp³-hybridized carbons (Fsp3) is 0.438. The highest BCUT2D eigenvalue weighted by atomic mass is 16.3. The van der Waals surface area contributed by atoms with Crippen LogP contribution in [0.15, 0.2) is 30.3 Å². The third kappa shape index (κ3) is 2.71. The van der Waals surface area contributed by atoms with Crippen LogP contribution in [0.4, 0.5) is 0 Å². The smallest absolute Gasteiger partial charge is 0.0845 e. The molecule has 0 bridgehead atoms. The molecule has 3 heteroatoms. The SMILES string of the molecule is Cc1cc(CC(O)c2ccc(C3CC3)cc2)n(C)n1. The number of aryl methyl sites for hydroxylation is 2. The van der Waals surface area contributed by atoms with E-state index in [1.165, 1.54) is 18.4 Å². The monoisotopic (exact) mass is 256 g/mol. The molecule has 1 aliphatic carbocycles. The Kier molecular flexibility index (Phi) is 3.15. The largest absolute Gasteiger partial charge is 0.388 e. The van der Waals surface area contributed by atoms with Crippen molar-refractivity contribution in [1.82, 2.24) is 9.78 Å². The zero-order chi connectivity index (χ0) is 13.4. The lowest BCUT2D eigenvalue weighted by Crippen LogP contribution is -2.06. The third-order valence-corrected chi connectivity index (χ3v) is 3.87. The molecule has 100 valence electrons. The number of aromatic nitrogens is 2. The van der Waals surface area contributed by atoms with Gasteiger partial charge in [-0.3, -0.25) is 4.68 Å². The van der Waals surface area contributed by atoms with Gasteiger partial charge in [-0.25, -0.2) is 0 Å². The average molecular weight is 256 g/mol. The summed E-state index contributed by atoms with van der Waals surface area (Å²) in [7, 11) is 1.92. The molecule has 0 saturated heterocycles. The van der Waals surface area contributed by atoms with Crippen LogP contribution in [0.5, 0.6) is 0 Å². The Labute approximate surface area is 113 Å². The van der Waals surface area contributed by atoms with Crippen molar-refractivity contribution in [3.63, 3.8) is 0 Å². The van der Waals surface area contributed by atoms with Crippen molar-refractivity contribution >= 4 is 0 Å². The van der Waals surface area contributed by atoms with E-state index in [4.69, 9.17) is 0 Å². The maximum absolute atomic E-state index is 10.3. The molecular formula is C16H20N2O. The highest BCUT2D eigenvalue weighted by molar-refractivity contribution is 5.29. The Morgan fingerprint density at radius 2 is 2.00 bits per heavy atom. The van der Waals surface area contributed by atoms with Crippen LogP contribution in [-0.4, -0.2) is 14.9 Å². The molecule has 1 aromatic heterocycles. The van der Waals surface area contributed by atoms with Crippen molar-refractivity contribution in [1.29, 1.82) is 0 Å². The summed E-state index contributed by atoms with van der Waals surface area (Å²) < 4.78 is 1.84. The molecule has 1 saturated carbocycles. The van der Waals surface area contributed by atoms with Crippen LogP contribution < -0.4 is 0 Å². The van der Waals surface area contributed by atoms with Crippen LogP contribution in [-0.2, 0) is 13.5 Å². The number of hydrogen-bond donors (Lipinski definition) is 1. The van der Waals surface area contributed by atoms with E-state index in [0.717, 1.165) is 22.9 Å². The molecule has 2 aromatic rings. The lowest BCUT2D eigenvalue weighted by molar-refractivity contribution is 0.176. The molecule has 0 radical (unpaired) electrons. The van der Waals surface area contributed by atoms with E-state index in [9.17, 15) is 5.11 Å². The minimum absolute atomic E-state index is 0.456. The summed E-state index contributed by atoms with van der Waals surface area (Å²) in [6.45, 7) is 1.97. The van der Waals surface area contributed by atoms with Gasteiger partial charge in [0.1, 0.15) is 0 Å². The van der Waals surface area contributed by atoms with Crippen molar-refractivity contribution in [3.8, 4) is 0 Å². The normalized spacial score (nSPS) is 16.6. The molecule has 0 amide bonds. The second-order valence-electron chi connectivity index (χ2n) is 5.56. The van der Waals surface area contributed by atoms with E-state index in [1.54, 1.807) is 0 Å². The van der Waals surface area contributed by atoms with E-state index >= 15 is 0 Å². The van der Waals surface area contributed by atoms with Crippen LogP contribution in [0.1, 0.15) is 47.4 Å². The Bertz CT molecular complexity index is 567. The molecule has 1 N–H and O–H groups in total. The summed E-state index contributed by atoms with van der Waals surface area (Å²) >= 11 is 0.